The molecule has 2 aromatic heterocycles. The van der Waals surface area contributed by atoms with Crippen molar-refractivity contribution in [3.8, 4) is 17.5 Å². The Balaban J connectivity index is 1.54. The predicted molar refractivity (Wildman–Crippen MR) is 91.4 cm³/mol. The smallest absolute Gasteiger partial charge is 0.254 e. The maximum atomic E-state index is 14.5. The first-order valence-electron chi connectivity index (χ1n) is 8.20. The molecule has 3 heterocycles. The van der Waals surface area contributed by atoms with Crippen LogP contribution in [0.15, 0.2) is 42.7 Å². The summed E-state index contributed by atoms with van der Waals surface area (Å²) in [7, 11) is 0. The van der Waals surface area contributed by atoms with Crippen molar-refractivity contribution in [2.24, 2.45) is 0 Å². The lowest BCUT2D eigenvalue weighted by atomic mass is 10.1. The molecule has 130 valence electrons. The highest BCUT2D eigenvalue weighted by molar-refractivity contribution is 5.95. The Bertz CT molecular complexity index is 1020. The second kappa shape index (κ2) is 6.44. The highest BCUT2D eigenvalue weighted by atomic mass is 19.1. The highest BCUT2D eigenvalue weighted by Crippen LogP contribution is 2.21. The van der Waals surface area contributed by atoms with Gasteiger partial charge >= 0.3 is 0 Å². The summed E-state index contributed by atoms with van der Waals surface area (Å²) in [6.45, 7) is 1.06. The number of nitrogens with zero attached hydrogens (tertiary/aromatic N) is 5. The van der Waals surface area contributed by atoms with E-state index in [0.717, 1.165) is 0 Å². The second-order valence-electron chi connectivity index (χ2n) is 6.15. The van der Waals surface area contributed by atoms with Crippen molar-refractivity contribution in [1.82, 2.24) is 24.8 Å². The van der Waals surface area contributed by atoms with Gasteiger partial charge in [-0.15, -0.1) is 0 Å². The zero-order chi connectivity index (χ0) is 18.1. The van der Waals surface area contributed by atoms with Gasteiger partial charge in [-0.25, -0.2) is 13.9 Å². The van der Waals surface area contributed by atoms with Gasteiger partial charge in [0.25, 0.3) is 5.91 Å². The summed E-state index contributed by atoms with van der Waals surface area (Å²) in [5.74, 6) is -1.08. The van der Waals surface area contributed by atoms with E-state index in [4.69, 9.17) is 5.26 Å². The average molecular weight is 350 g/mol. The Kier molecular flexibility index (Phi) is 3.97. The number of likely N-dealkylation sites (tertiary alicyclic amines) is 1. The Morgan fingerprint density at radius 2 is 2.23 bits per heavy atom. The molecule has 0 saturated carbocycles. The van der Waals surface area contributed by atoms with Crippen LogP contribution in [0.5, 0.6) is 0 Å². The number of aromatic nitrogens is 3. The normalized spacial score (nSPS) is 16.6. The molecular formula is C18H15FN6O. The summed E-state index contributed by atoms with van der Waals surface area (Å²) in [4.78, 5) is 18.3. The van der Waals surface area contributed by atoms with E-state index in [-0.39, 0.29) is 11.6 Å². The molecule has 3 aromatic rings. The van der Waals surface area contributed by atoms with Gasteiger partial charge in [0.1, 0.15) is 5.82 Å². The Labute approximate surface area is 148 Å². The van der Waals surface area contributed by atoms with Crippen LogP contribution in [0.25, 0.3) is 16.9 Å². The fourth-order valence-electron chi connectivity index (χ4n) is 3.06. The van der Waals surface area contributed by atoms with Crippen molar-refractivity contribution < 1.29 is 9.18 Å². The zero-order valence-corrected chi connectivity index (χ0v) is 13.8. The second-order valence-corrected chi connectivity index (χ2v) is 6.15. The van der Waals surface area contributed by atoms with Crippen molar-refractivity contribution >= 4 is 11.6 Å². The lowest BCUT2D eigenvalue weighted by Gasteiger charge is -2.13. The van der Waals surface area contributed by atoms with Crippen molar-refractivity contribution in [1.29, 1.82) is 5.26 Å². The van der Waals surface area contributed by atoms with E-state index in [9.17, 15) is 9.18 Å². The highest BCUT2D eigenvalue weighted by Gasteiger charge is 2.24. The first kappa shape index (κ1) is 16.0. The molecule has 1 aromatic carbocycles. The number of fused-ring (bicyclic) bond motifs is 1. The lowest BCUT2D eigenvalue weighted by molar-refractivity contribution is 0.0935. The van der Waals surface area contributed by atoms with Crippen LogP contribution < -0.4 is 5.32 Å². The van der Waals surface area contributed by atoms with Crippen molar-refractivity contribution in [2.75, 3.05) is 13.1 Å². The molecule has 8 heteroatoms. The number of nitriles is 1. The third kappa shape index (κ3) is 2.95. The van der Waals surface area contributed by atoms with Crippen molar-refractivity contribution in [3.05, 3.63) is 54.1 Å². The molecule has 0 bridgehead atoms. The molecule has 1 saturated heterocycles. The van der Waals surface area contributed by atoms with E-state index in [1.807, 2.05) is 6.19 Å². The largest absolute Gasteiger partial charge is 0.347 e. The van der Waals surface area contributed by atoms with Gasteiger partial charge in [-0.05, 0) is 24.6 Å². The van der Waals surface area contributed by atoms with Gasteiger partial charge in [0, 0.05) is 37.0 Å². The summed E-state index contributed by atoms with van der Waals surface area (Å²) in [6, 6.07) is 7.78. The molecule has 1 aliphatic rings. The quantitative estimate of drug-likeness (QED) is 0.728. The summed E-state index contributed by atoms with van der Waals surface area (Å²) < 4.78 is 16.1. The minimum absolute atomic E-state index is 0.0189. The molecule has 0 spiro atoms. The summed E-state index contributed by atoms with van der Waals surface area (Å²) >= 11 is 0. The number of carbonyl (C=O) groups excluding carboxylic acids is 1. The van der Waals surface area contributed by atoms with Crippen LogP contribution in [0.3, 0.4) is 0 Å². The van der Waals surface area contributed by atoms with E-state index in [1.54, 1.807) is 40.0 Å². The number of hydrogen-bond donors (Lipinski definition) is 1. The Hall–Kier alpha value is -3.47. The number of hydrogen-bond acceptors (Lipinski definition) is 5. The third-order valence-electron chi connectivity index (χ3n) is 4.43. The van der Waals surface area contributed by atoms with Crippen LogP contribution >= 0.6 is 0 Å². The number of nitrogens with one attached hydrogen (secondary N) is 1. The van der Waals surface area contributed by atoms with E-state index < -0.39 is 11.7 Å². The molecule has 0 radical (unpaired) electrons. The van der Waals surface area contributed by atoms with Gasteiger partial charge in [-0.2, -0.15) is 10.4 Å². The number of rotatable bonds is 3. The number of carbonyl (C=O) groups is 1. The molecule has 7 nitrogen and oxygen atoms in total. The van der Waals surface area contributed by atoms with Crippen LogP contribution in [-0.2, 0) is 0 Å². The Morgan fingerprint density at radius 3 is 3.00 bits per heavy atom. The maximum absolute atomic E-state index is 14.5. The topological polar surface area (TPSA) is 86.3 Å². The minimum atomic E-state index is -0.606. The molecule has 4 rings (SSSR count). The van der Waals surface area contributed by atoms with Gasteiger partial charge in [0.05, 0.1) is 17.5 Å². The Morgan fingerprint density at radius 1 is 1.35 bits per heavy atom. The van der Waals surface area contributed by atoms with Crippen LogP contribution in [0, 0.1) is 17.3 Å². The summed E-state index contributed by atoms with van der Waals surface area (Å²) in [5, 5.41) is 15.7. The third-order valence-corrected chi connectivity index (χ3v) is 4.43. The molecule has 1 N–H and O–H groups in total. The zero-order valence-electron chi connectivity index (χ0n) is 13.8. The van der Waals surface area contributed by atoms with Crippen molar-refractivity contribution in [2.45, 2.75) is 12.5 Å². The molecule has 1 aliphatic heterocycles. The van der Waals surface area contributed by atoms with E-state index in [2.05, 4.69) is 15.4 Å². The van der Waals surface area contributed by atoms with Crippen molar-refractivity contribution in [3.63, 3.8) is 0 Å². The monoisotopic (exact) mass is 350 g/mol. The van der Waals surface area contributed by atoms with Gasteiger partial charge < -0.3 is 10.2 Å². The molecule has 1 unspecified atom stereocenters. The molecule has 1 atom stereocenters. The van der Waals surface area contributed by atoms with Crippen LogP contribution in [0.2, 0.25) is 0 Å². The van der Waals surface area contributed by atoms with E-state index in [1.165, 1.54) is 12.1 Å². The standard InChI is InChI=1S/C18H15FN6O/c19-15-9-12(16-5-8-25-17(23-16)3-6-21-25)1-2-14(15)18(26)22-13-4-7-24(10-13)11-20/h1-3,5-6,8-9,13H,4,7,10H2,(H,22,26). The molecule has 0 aliphatic carbocycles. The van der Waals surface area contributed by atoms with Gasteiger partial charge in [0.2, 0.25) is 0 Å². The molecule has 1 fully saturated rings. The fourth-order valence-corrected chi connectivity index (χ4v) is 3.06. The number of amides is 1. The summed E-state index contributed by atoms with van der Waals surface area (Å²) in [6.07, 6.45) is 6.11. The first-order chi connectivity index (χ1) is 12.6. The van der Waals surface area contributed by atoms with Crippen LogP contribution in [-0.4, -0.2) is 44.5 Å². The van der Waals surface area contributed by atoms with E-state index >= 15 is 0 Å². The molecule has 1 amide bonds. The lowest BCUT2D eigenvalue weighted by Crippen LogP contribution is -2.36. The van der Waals surface area contributed by atoms with Crippen LogP contribution in [0.1, 0.15) is 16.8 Å². The van der Waals surface area contributed by atoms with Gasteiger partial charge in [-0.1, -0.05) is 6.07 Å². The van der Waals surface area contributed by atoms with Gasteiger partial charge in [0.15, 0.2) is 11.8 Å². The molecule has 26 heavy (non-hydrogen) atoms. The number of halogens is 1. The van der Waals surface area contributed by atoms with Gasteiger partial charge in [-0.3, -0.25) is 4.79 Å². The first-order valence-corrected chi connectivity index (χ1v) is 8.20. The predicted octanol–water partition coefficient (Wildman–Crippen LogP) is 1.82. The number of benzene rings is 1. The minimum Gasteiger partial charge on any atom is -0.347 e. The average Bonchev–Trinajstić information content (AvgIpc) is 3.29. The maximum Gasteiger partial charge on any atom is 0.254 e. The SMILES string of the molecule is N#CN1CCC(NC(=O)c2ccc(-c3ccn4nccc4n3)cc2F)C1. The van der Waals surface area contributed by atoms with Crippen LogP contribution in [0.4, 0.5) is 4.39 Å². The molecular weight excluding hydrogens is 335 g/mol. The van der Waals surface area contributed by atoms with E-state index in [0.29, 0.717) is 36.4 Å². The fraction of sp³-hybridized carbons (Fsp3) is 0.222. The summed E-state index contributed by atoms with van der Waals surface area (Å²) in [5.41, 5.74) is 1.83.